The lowest BCUT2D eigenvalue weighted by atomic mass is 9.91. The molecular formula is C19H23NO4. The van der Waals surface area contributed by atoms with Crippen LogP contribution in [0.2, 0.25) is 0 Å². The molecule has 0 radical (unpaired) electrons. The number of amides is 1. The molecule has 128 valence electrons. The fourth-order valence-electron chi connectivity index (χ4n) is 3.54. The Morgan fingerprint density at radius 3 is 2.67 bits per heavy atom. The van der Waals surface area contributed by atoms with Crippen LogP contribution in [0, 0.1) is 11.8 Å². The van der Waals surface area contributed by atoms with E-state index in [0.717, 1.165) is 6.42 Å². The summed E-state index contributed by atoms with van der Waals surface area (Å²) in [5, 5.41) is 0.696. The summed E-state index contributed by atoms with van der Waals surface area (Å²) in [4.78, 5) is 26.9. The van der Waals surface area contributed by atoms with Crippen molar-refractivity contribution < 1.29 is 13.9 Å². The van der Waals surface area contributed by atoms with Gasteiger partial charge in [-0.05, 0) is 37.3 Å². The number of hydrogen-bond donors (Lipinski definition) is 0. The highest BCUT2D eigenvalue weighted by Crippen LogP contribution is 2.26. The predicted octanol–water partition coefficient (Wildman–Crippen LogP) is 3.31. The highest BCUT2D eigenvalue weighted by atomic mass is 16.5. The van der Waals surface area contributed by atoms with Gasteiger partial charge in [-0.25, -0.2) is 4.79 Å². The Kier molecular flexibility index (Phi) is 4.60. The fourth-order valence-corrected chi connectivity index (χ4v) is 3.54. The van der Waals surface area contributed by atoms with Crippen LogP contribution in [0.5, 0.6) is 5.75 Å². The summed E-state index contributed by atoms with van der Waals surface area (Å²) < 4.78 is 10.9. The molecule has 5 heteroatoms. The minimum absolute atomic E-state index is 0.0949. The molecule has 1 aliphatic heterocycles. The lowest BCUT2D eigenvalue weighted by Crippen LogP contribution is -2.43. The summed E-state index contributed by atoms with van der Waals surface area (Å²) in [6, 6.07) is 7.02. The average Bonchev–Trinajstić information content (AvgIpc) is 2.53. The van der Waals surface area contributed by atoms with E-state index in [9.17, 15) is 9.59 Å². The maximum absolute atomic E-state index is 12.8. The van der Waals surface area contributed by atoms with Gasteiger partial charge in [0.15, 0.2) is 11.3 Å². The quantitative estimate of drug-likeness (QED) is 0.811. The third-order valence-electron chi connectivity index (χ3n) is 4.41. The second kappa shape index (κ2) is 6.67. The molecule has 0 aliphatic carbocycles. The van der Waals surface area contributed by atoms with Crippen LogP contribution in [-0.2, 0) is 0 Å². The van der Waals surface area contributed by atoms with Crippen molar-refractivity contribution in [2.24, 2.45) is 11.8 Å². The first-order valence-electron chi connectivity index (χ1n) is 8.48. The summed E-state index contributed by atoms with van der Waals surface area (Å²) in [5.41, 5.74) is -0.121. The van der Waals surface area contributed by atoms with E-state index in [-0.39, 0.29) is 11.5 Å². The van der Waals surface area contributed by atoms with E-state index in [2.05, 4.69) is 13.8 Å². The molecule has 1 aliphatic rings. The molecule has 2 aromatic rings. The molecule has 2 unspecified atom stereocenters. The van der Waals surface area contributed by atoms with Gasteiger partial charge in [-0.2, -0.15) is 0 Å². The first-order valence-corrected chi connectivity index (χ1v) is 8.48. The summed E-state index contributed by atoms with van der Waals surface area (Å²) in [6.45, 7) is 7.97. The Morgan fingerprint density at radius 1 is 1.29 bits per heavy atom. The molecule has 0 spiro atoms. The lowest BCUT2D eigenvalue weighted by molar-refractivity contribution is 0.0619. The van der Waals surface area contributed by atoms with Crippen molar-refractivity contribution in [3.63, 3.8) is 0 Å². The maximum atomic E-state index is 12.8. The number of piperidine rings is 1. The molecule has 0 saturated carbocycles. The van der Waals surface area contributed by atoms with Crippen LogP contribution in [0.4, 0.5) is 0 Å². The lowest BCUT2D eigenvalue weighted by Gasteiger charge is -2.34. The van der Waals surface area contributed by atoms with Crippen molar-refractivity contribution >= 4 is 16.9 Å². The van der Waals surface area contributed by atoms with Gasteiger partial charge in [0.1, 0.15) is 5.56 Å². The zero-order valence-electron chi connectivity index (χ0n) is 14.4. The molecule has 0 N–H and O–H groups in total. The van der Waals surface area contributed by atoms with Gasteiger partial charge < -0.3 is 14.1 Å². The number of nitrogens with zero attached hydrogens (tertiary/aromatic N) is 1. The van der Waals surface area contributed by atoms with Crippen molar-refractivity contribution in [2.75, 3.05) is 19.7 Å². The first-order chi connectivity index (χ1) is 11.5. The van der Waals surface area contributed by atoms with Gasteiger partial charge in [-0.1, -0.05) is 26.0 Å². The van der Waals surface area contributed by atoms with Crippen molar-refractivity contribution in [3.8, 4) is 5.75 Å². The Bertz CT molecular complexity index is 801. The van der Waals surface area contributed by atoms with Gasteiger partial charge in [-0.3, -0.25) is 4.79 Å². The first kappa shape index (κ1) is 16.6. The third-order valence-corrected chi connectivity index (χ3v) is 4.41. The zero-order chi connectivity index (χ0) is 17.3. The average molecular weight is 329 g/mol. The standard InChI is InChI=1S/C19H23NO4/c1-4-23-16-7-5-6-14-9-15(19(22)24-17(14)16)18(21)20-10-12(2)8-13(3)11-20/h5-7,9,12-13H,4,8,10-11H2,1-3H3. The molecule has 3 rings (SSSR count). The topological polar surface area (TPSA) is 59.8 Å². The molecule has 1 aromatic heterocycles. The molecule has 24 heavy (non-hydrogen) atoms. The third kappa shape index (κ3) is 3.16. The van der Waals surface area contributed by atoms with Crippen molar-refractivity contribution in [1.82, 2.24) is 4.90 Å². The van der Waals surface area contributed by atoms with Crippen LogP contribution in [-0.4, -0.2) is 30.5 Å². The molecular weight excluding hydrogens is 306 g/mol. The van der Waals surface area contributed by atoms with Crippen molar-refractivity contribution in [1.29, 1.82) is 0 Å². The highest BCUT2D eigenvalue weighted by molar-refractivity contribution is 5.97. The van der Waals surface area contributed by atoms with Crippen LogP contribution >= 0.6 is 0 Å². The second-order valence-corrected chi connectivity index (χ2v) is 6.71. The Hall–Kier alpha value is -2.30. The van der Waals surface area contributed by atoms with E-state index in [4.69, 9.17) is 9.15 Å². The van der Waals surface area contributed by atoms with Gasteiger partial charge in [-0.15, -0.1) is 0 Å². The number of rotatable bonds is 3. The number of para-hydroxylation sites is 1. The Balaban J connectivity index is 1.99. The van der Waals surface area contributed by atoms with Gasteiger partial charge in [0.25, 0.3) is 5.91 Å². The number of carbonyl (C=O) groups is 1. The molecule has 1 saturated heterocycles. The fraction of sp³-hybridized carbons (Fsp3) is 0.474. The summed E-state index contributed by atoms with van der Waals surface area (Å²) in [5.74, 6) is 1.15. The van der Waals surface area contributed by atoms with E-state index >= 15 is 0 Å². The second-order valence-electron chi connectivity index (χ2n) is 6.71. The largest absolute Gasteiger partial charge is 0.490 e. The maximum Gasteiger partial charge on any atom is 0.349 e. The number of carbonyl (C=O) groups excluding carboxylic acids is 1. The van der Waals surface area contributed by atoms with Crippen LogP contribution < -0.4 is 10.4 Å². The molecule has 1 fully saturated rings. The van der Waals surface area contributed by atoms with Crippen LogP contribution in [0.25, 0.3) is 11.0 Å². The molecule has 0 bridgehead atoms. The highest BCUT2D eigenvalue weighted by Gasteiger charge is 2.28. The molecule has 1 aromatic carbocycles. The van der Waals surface area contributed by atoms with Crippen molar-refractivity contribution in [3.05, 3.63) is 40.2 Å². The summed E-state index contributed by atoms with van der Waals surface area (Å²) in [6.07, 6.45) is 1.10. The normalized spacial score (nSPS) is 21.0. The molecule has 2 atom stereocenters. The smallest absolute Gasteiger partial charge is 0.349 e. The number of ether oxygens (including phenoxy) is 1. The number of likely N-dealkylation sites (tertiary alicyclic amines) is 1. The van der Waals surface area contributed by atoms with Gasteiger partial charge in [0, 0.05) is 18.5 Å². The van der Waals surface area contributed by atoms with E-state index in [1.807, 2.05) is 19.1 Å². The predicted molar refractivity (Wildman–Crippen MR) is 92.5 cm³/mol. The number of hydrogen-bond acceptors (Lipinski definition) is 4. The van der Waals surface area contributed by atoms with Gasteiger partial charge in [0.05, 0.1) is 6.61 Å². The van der Waals surface area contributed by atoms with Crippen molar-refractivity contribution in [2.45, 2.75) is 27.2 Å². The minimum atomic E-state index is -0.606. The molecule has 1 amide bonds. The number of benzene rings is 1. The van der Waals surface area contributed by atoms with E-state index in [1.165, 1.54) is 0 Å². The van der Waals surface area contributed by atoms with Crippen LogP contribution in [0.1, 0.15) is 37.6 Å². The zero-order valence-corrected chi connectivity index (χ0v) is 14.4. The Labute approximate surface area is 141 Å². The van der Waals surface area contributed by atoms with E-state index in [1.54, 1.807) is 17.0 Å². The SMILES string of the molecule is CCOc1cccc2cc(C(=O)N3CC(C)CC(C)C3)c(=O)oc12. The molecule has 5 nitrogen and oxygen atoms in total. The van der Waals surface area contributed by atoms with Gasteiger partial charge >= 0.3 is 5.63 Å². The summed E-state index contributed by atoms with van der Waals surface area (Å²) >= 11 is 0. The molecule has 2 heterocycles. The van der Waals surface area contributed by atoms with Gasteiger partial charge in [0.2, 0.25) is 0 Å². The number of fused-ring (bicyclic) bond motifs is 1. The van der Waals surface area contributed by atoms with E-state index < -0.39 is 5.63 Å². The van der Waals surface area contributed by atoms with Crippen LogP contribution in [0.3, 0.4) is 0 Å². The van der Waals surface area contributed by atoms with E-state index in [0.29, 0.717) is 48.3 Å². The monoisotopic (exact) mass is 329 g/mol. The summed E-state index contributed by atoms with van der Waals surface area (Å²) in [7, 11) is 0. The van der Waals surface area contributed by atoms with Crippen LogP contribution in [0.15, 0.2) is 33.5 Å². The minimum Gasteiger partial charge on any atom is -0.490 e. The Morgan fingerprint density at radius 2 is 2.00 bits per heavy atom.